The fourth-order valence-corrected chi connectivity index (χ4v) is 2.53. The van der Waals surface area contributed by atoms with Crippen LogP contribution < -0.4 is 4.90 Å². The summed E-state index contributed by atoms with van der Waals surface area (Å²) >= 11 is 3.35. The summed E-state index contributed by atoms with van der Waals surface area (Å²) in [5, 5.41) is 0. The van der Waals surface area contributed by atoms with Gasteiger partial charge in [0.15, 0.2) is 0 Å². The van der Waals surface area contributed by atoms with Gasteiger partial charge in [-0.3, -0.25) is 4.79 Å². The number of hydrogen-bond acceptors (Lipinski definition) is 1. The highest BCUT2D eigenvalue weighted by molar-refractivity contribution is 9.10. The lowest BCUT2D eigenvalue weighted by Gasteiger charge is -2.30. The minimum Gasteiger partial charge on any atom is -0.311 e. The molecule has 0 saturated carbocycles. The van der Waals surface area contributed by atoms with Gasteiger partial charge in [0.25, 0.3) is 0 Å². The van der Waals surface area contributed by atoms with E-state index in [4.69, 9.17) is 0 Å². The number of carbonyl (C=O) groups excluding carboxylic acids is 1. The Kier molecular flexibility index (Phi) is 3.28. The van der Waals surface area contributed by atoms with Crippen LogP contribution in [0.4, 0.5) is 10.1 Å². The Morgan fingerprint density at radius 1 is 1.50 bits per heavy atom. The number of rotatable bonds is 1. The third kappa shape index (κ3) is 1.98. The molecule has 0 aliphatic carbocycles. The van der Waals surface area contributed by atoms with E-state index in [1.807, 2.05) is 0 Å². The minimum absolute atomic E-state index is 0.0277. The van der Waals surface area contributed by atoms with Crippen LogP contribution in [0.1, 0.15) is 18.4 Å². The molecule has 1 amide bonds. The van der Waals surface area contributed by atoms with Crippen LogP contribution in [0.15, 0.2) is 18.2 Å². The molecular formula is C12H13BrFNO. The van der Waals surface area contributed by atoms with Crippen molar-refractivity contribution in [3.05, 3.63) is 29.6 Å². The van der Waals surface area contributed by atoms with Crippen molar-refractivity contribution in [1.82, 2.24) is 0 Å². The summed E-state index contributed by atoms with van der Waals surface area (Å²) in [6, 6.07) is 4.85. The largest absolute Gasteiger partial charge is 0.311 e. The first-order valence-corrected chi connectivity index (χ1v) is 6.23. The van der Waals surface area contributed by atoms with E-state index in [-0.39, 0.29) is 16.6 Å². The zero-order chi connectivity index (χ0) is 11.7. The number of halogens is 2. The van der Waals surface area contributed by atoms with Crippen molar-refractivity contribution in [1.29, 1.82) is 0 Å². The molecule has 1 aliphatic rings. The predicted octanol–water partition coefficient (Wildman–Crippen LogP) is 3.02. The van der Waals surface area contributed by atoms with Crippen LogP contribution in [0.25, 0.3) is 0 Å². The molecule has 86 valence electrons. The molecule has 1 unspecified atom stereocenters. The van der Waals surface area contributed by atoms with Gasteiger partial charge in [0.1, 0.15) is 5.82 Å². The van der Waals surface area contributed by atoms with E-state index >= 15 is 0 Å². The van der Waals surface area contributed by atoms with E-state index < -0.39 is 0 Å². The second kappa shape index (κ2) is 4.53. The van der Waals surface area contributed by atoms with Crippen LogP contribution in [-0.2, 0) is 4.79 Å². The van der Waals surface area contributed by atoms with Gasteiger partial charge >= 0.3 is 0 Å². The second-order valence-electron chi connectivity index (χ2n) is 3.98. The van der Waals surface area contributed by atoms with Crippen molar-refractivity contribution in [2.45, 2.75) is 24.6 Å². The number of hydrogen-bond donors (Lipinski definition) is 0. The predicted molar refractivity (Wildman–Crippen MR) is 65.4 cm³/mol. The van der Waals surface area contributed by atoms with Gasteiger partial charge in [-0.15, -0.1) is 0 Å². The van der Waals surface area contributed by atoms with E-state index in [0.29, 0.717) is 17.8 Å². The third-order valence-electron chi connectivity index (χ3n) is 2.90. The Balaban J connectivity index is 2.36. The monoisotopic (exact) mass is 285 g/mol. The fourth-order valence-electron chi connectivity index (χ4n) is 1.96. The summed E-state index contributed by atoms with van der Waals surface area (Å²) in [7, 11) is 0. The zero-order valence-corrected chi connectivity index (χ0v) is 10.6. The van der Waals surface area contributed by atoms with Crippen LogP contribution in [0.3, 0.4) is 0 Å². The lowest BCUT2D eigenvalue weighted by atomic mass is 10.1. The highest BCUT2D eigenvalue weighted by Crippen LogP contribution is 2.28. The Hall–Kier alpha value is -0.900. The number of piperidine rings is 1. The van der Waals surface area contributed by atoms with Crippen molar-refractivity contribution in [2.75, 3.05) is 11.4 Å². The summed E-state index contributed by atoms with van der Waals surface area (Å²) in [6.07, 6.45) is 1.79. The van der Waals surface area contributed by atoms with Gasteiger partial charge in [-0.25, -0.2) is 4.39 Å². The summed E-state index contributed by atoms with van der Waals surface area (Å²) in [4.78, 5) is 13.5. The molecule has 0 N–H and O–H groups in total. The average molecular weight is 286 g/mol. The fraction of sp³-hybridized carbons (Fsp3) is 0.417. The summed E-state index contributed by atoms with van der Waals surface area (Å²) in [6.45, 7) is 2.38. The summed E-state index contributed by atoms with van der Waals surface area (Å²) in [5.41, 5.74) is 1.23. The van der Waals surface area contributed by atoms with E-state index in [1.54, 1.807) is 24.0 Å². The van der Waals surface area contributed by atoms with Gasteiger partial charge in [0.2, 0.25) is 5.91 Å². The molecule has 0 spiro atoms. The highest BCUT2D eigenvalue weighted by atomic mass is 79.9. The number of alkyl halides is 1. The topological polar surface area (TPSA) is 20.3 Å². The SMILES string of the molecule is Cc1c(F)cccc1N1CCCC(Br)C1=O. The molecule has 1 atom stereocenters. The molecule has 1 fully saturated rings. The molecule has 1 heterocycles. The second-order valence-corrected chi connectivity index (χ2v) is 5.09. The van der Waals surface area contributed by atoms with Crippen LogP contribution in [0.5, 0.6) is 0 Å². The normalized spacial score (nSPS) is 21.3. The van der Waals surface area contributed by atoms with E-state index in [9.17, 15) is 9.18 Å². The maximum absolute atomic E-state index is 13.4. The number of anilines is 1. The molecule has 4 heteroatoms. The van der Waals surface area contributed by atoms with Gasteiger partial charge in [0.05, 0.1) is 4.83 Å². The number of carbonyl (C=O) groups is 1. The van der Waals surface area contributed by atoms with Crippen LogP contribution >= 0.6 is 15.9 Å². The van der Waals surface area contributed by atoms with Crippen molar-refractivity contribution >= 4 is 27.5 Å². The van der Waals surface area contributed by atoms with Crippen LogP contribution in [0, 0.1) is 12.7 Å². The first-order chi connectivity index (χ1) is 7.61. The molecule has 1 aliphatic heterocycles. The van der Waals surface area contributed by atoms with Crippen molar-refractivity contribution in [3.8, 4) is 0 Å². The smallest absolute Gasteiger partial charge is 0.240 e. The van der Waals surface area contributed by atoms with Crippen molar-refractivity contribution < 1.29 is 9.18 Å². The third-order valence-corrected chi connectivity index (χ3v) is 3.75. The van der Waals surface area contributed by atoms with Gasteiger partial charge < -0.3 is 4.90 Å². The lowest BCUT2D eigenvalue weighted by molar-refractivity contribution is -0.118. The van der Waals surface area contributed by atoms with Crippen molar-refractivity contribution in [3.63, 3.8) is 0 Å². The lowest BCUT2D eigenvalue weighted by Crippen LogP contribution is -2.42. The highest BCUT2D eigenvalue weighted by Gasteiger charge is 2.28. The average Bonchev–Trinajstić information content (AvgIpc) is 2.27. The Morgan fingerprint density at radius 2 is 2.25 bits per heavy atom. The Morgan fingerprint density at radius 3 is 3.00 bits per heavy atom. The number of nitrogens with zero attached hydrogens (tertiary/aromatic N) is 1. The van der Waals surface area contributed by atoms with E-state index in [1.165, 1.54) is 6.07 Å². The molecule has 1 aromatic carbocycles. The molecule has 0 bridgehead atoms. The summed E-state index contributed by atoms with van der Waals surface area (Å²) < 4.78 is 13.4. The quantitative estimate of drug-likeness (QED) is 0.727. The molecular weight excluding hydrogens is 273 g/mol. The molecule has 2 rings (SSSR count). The maximum Gasteiger partial charge on any atom is 0.240 e. The Labute approximate surface area is 103 Å². The zero-order valence-electron chi connectivity index (χ0n) is 9.04. The summed E-state index contributed by atoms with van der Waals surface area (Å²) in [5.74, 6) is -0.234. The van der Waals surface area contributed by atoms with Gasteiger partial charge in [0, 0.05) is 17.8 Å². The first-order valence-electron chi connectivity index (χ1n) is 5.32. The van der Waals surface area contributed by atoms with E-state index in [2.05, 4.69) is 15.9 Å². The van der Waals surface area contributed by atoms with Gasteiger partial charge in [-0.1, -0.05) is 22.0 Å². The number of amides is 1. The molecule has 1 aromatic rings. The molecule has 16 heavy (non-hydrogen) atoms. The van der Waals surface area contributed by atoms with E-state index in [0.717, 1.165) is 12.8 Å². The van der Waals surface area contributed by atoms with Crippen LogP contribution in [-0.4, -0.2) is 17.3 Å². The minimum atomic E-state index is -0.262. The van der Waals surface area contributed by atoms with Crippen molar-refractivity contribution in [2.24, 2.45) is 0 Å². The number of benzene rings is 1. The van der Waals surface area contributed by atoms with Gasteiger partial charge in [-0.05, 0) is 31.9 Å². The molecule has 1 saturated heterocycles. The van der Waals surface area contributed by atoms with Crippen LogP contribution in [0.2, 0.25) is 0 Å². The Bertz CT molecular complexity index is 421. The molecule has 0 aromatic heterocycles. The first kappa shape index (κ1) is 11.6. The maximum atomic E-state index is 13.4. The van der Waals surface area contributed by atoms with Gasteiger partial charge in [-0.2, -0.15) is 0 Å². The standard InChI is InChI=1S/C12H13BrFNO/c1-8-10(14)5-2-6-11(8)15-7-3-4-9(13)12(15)16/h2,5-6,9H,3-4,7H2,1H3. The molecule has 2 nitrogen and oxygen atoms in total. The molecule has 0 radical (unpaired) electrons.